The number of nitrogens with one attached hydrogen (secondary N) is 1. The average molecular weight is 320 g/mol. The van der Waals surface area contributed by atoms with Crippen molar-refractivity contribution in [1.29, 1.82) is 0 Å². The Morgan fingerprint density at radius 2 is 2.14 bits per heavy atom. The first-order valence-electron chi connectivity index (χ1n) is 6.63. The molecule has 0 aliphatic heterocycles. The highest BCUT2D eigenvalue weighted by Gasteiger charge is 2.23. The lowest BCUT2D eigenvalue weighted by molar-refractivity contribution is -0.123. The molecule has 3 aromatic heterocycles. The van der Waals surface area contributed by atoms with Gasteiger partial charge in [-0.25, -0.2) is 9.97 Å². The summed E-state index contributed by atoms with van der Waals surface area (Å²) in [5.41, 5.74) is -0.101. The molecule has 7 nitrogen and oxygen atoms in total. The fourth-order valence-electron chi connectivity index (χ4n) is 1.74. The fourth-order valence-corrected chi connectivity index (χ4v) is 1.92. The lowest BCUT2D eigenvalue weighted by atomic mass is 9.96. The Balaban J connectivity index is 2.08. The SMILES string of the molecule is CC(C)(C)C(=O)Nc1nc(Cl)cc2nc(-c3ccco3)nn12. The van der Waals surface area contributed by atoms with Gasteiger partial charge >= 0.3 is 0 Å². The number of halogens is 1. The number of carbonyl (C=O) groups excluding carboxylic acids is 1. The zero-order valence-corrected chi connectivity index (χ0v) is 13.0. The molecule has 1 N–H and O–H groups in total. The summed E-state index contributed by atoms with van der Waals surface area (Å²) in [4.78, 5) is 20.6. The highest BCUT2D eigenvalue weighted by Crippen LogP contribution is 2.22. The number of amides is 1. The molecule has 0 bridgehead atoms. The van der Waals surface area contributed by atoms with Gasteiger partial charge in [-0.2, -0.15) is 4.52 Å². The Morgan fingerprint density at radius 3 is 2.77 bits per heavy atom. The van der Waals surface area contributed by atoms with E-state index in [9.17, 15) is 4.79 Å². The van der Waals surface area contributed by atoms with E-state index in [-0.39, 0.29) is 17.0 Å². The predicted molar refractivity (Wildman–Crippen MR) is 81.6 cm³/mol. The summed E-state index contributed by atoms with van der Waals surface area (Å²) in [6.45, 7) is 5.42. The predicted octanol–water partition coefficient (Wildman–Crippen LogP) is 3.02. The van der Waals surface area contributed by atoms with Crippen LogP contribution in [-0.4, -0.2) is 25.5 Å². The van der Waals surface area contributed by atoms with Gasteiger partial charge in [0.1, 0.15) is 5.15 Å². The largest absolute Gasteiger partial charge is 0.461 e. The zero-order valence-electron chi connectivity index (χ0n) is 12.3. The van der Waals surface area contributed by atoms with Crippen LogP contribution in [0.3, 0.4) is 0 Å². The van der Waals surface area contributed by atoms with Crippen LogP contribution in [0.25, 0.3) is 17.2 Å². The quantitative estimate of drug-likeness (QED) is 0.734. The molecule has 0 radical (unpaired) electrons. The van der Waals surface area contributed by atoms with Crippen LogP contribution >= 0.6 is 11.6 Å². The van der Waals surface area contributed by atoms with Gasteiger partial charge in [-0.3, -0.25) is 10.1 Å². The van der Waals surface area contributed by atoms with Gasteiger partial charge in [0.25, 0.3) is 0 Å². The molecule has 0 aliphatic carbocycles. The second kappa shape index (κ2) is 5.10. The molecule has 0 saturated heterocycles. The van der Waals surface area contributed by atoms with Gasteiger partial charge in [-0.05, 0) is 12.1 Å². The average Bonchev–Trinajstić information content (AvgIpc) is 3.05. The second-order valence-electron chi connectivity index (χ2n) is 5.79. The summed E-state index contributed by atoms with van der Waals surface area (Å²) >= 11 is 5.99. The minimum atomic E-state index is -0.569. The van der Waals surface area contributed by atoms with Crippen molar-refractivity contribution in [1.82, 2.24) is 19.6 Å². The van der Waals surface area contributed by atoms with Gasteiger partial charge in [0.15, 0.2) is 11.4 Å². The third kappa shape index (κ3) is 2.67. The number of nitrogens with zero attached hydrogens (tertiary/aromatic N) is 4. The van der Waals surface area contributed by atoms with Crippen molar-refractivity contribution in [3.63, 3.8) is 0 Å². The van der Waals surface area contributed by atoms with Gasteiger partial charge in [0.2, 0.25) is 17.7 Å². The van der Waals surface area contributed by atoms with Crippen molar-refractivity contribution in [3.05, 3.63) is 29.6 Å². The van der Waals surface area contributed by atoms with E-state index >= 15 is 0 Å². The normalized spacial score (nSPS) is 11.8. The maximum atomic E-state index is 12.2. The van der Waals surface area contributed by atoms with E-state index in [4.69, 9.17) is 16.0 Å². The Hall–Kier alpha value is -2.41. The molecule has 8 heteroatoms. The van der Waals surface area contributed by atoms with Crippen LogP contribution in [0.4, 0.5) is 5.95 Å². The van der Waals surface area contributed by atoms with E-state index in [1.54, 1.807) is 39.0 Å². The Kier molecular flexibility index (Phi) is 3.37. The molecule has 0 atom stereocenters. The molecule has 114 valence electrons. The second-order valence-corrected chi connectivity index (χ2v) is 6.18. The highest BCUT2D eigenvalue weighted by molar-refractivity contribution is 6.29. The Morgan fingerprint density at radius 1 is 1.36 bits per heavy atom. The maximum Gasteiger partial charge on any atom is 0.234 e. The molecule has 3 aromatic rings. The molecule has 0 saturated carbocycles. The van der Waals surface area contributed by atoms with Gasteiger partial charge in [-0.1, -0.05) is 32.4 Å². The number of furan rings is 1. The minimum absolute atomic E-state index is 0.196. The van der Waals surface area contributed by atoms with Crippen molar-refractivity contribution in [2.45, 2.75) is 20.8 Å². The molecular formula is C14H14ClN5O2. The van der Waals surface area contributed by atoms with Crippen molar-refractivity contribution in [2.75, 3.05) is 5.32 Å². The fraction of sp³-hybridized carbons (Fsp3) is 0.286. The molecule has 0 spiro atoms. The Labute approximate surface area is 131 Å². The van der Waals surface area contributed by atoms with Gasteiger partial charge < -0.3 is 4.42 Å². The number of carbonyl (C=O) groups is 1. The summed E-state index contributed by atoms with van der Waals surface area (Å²) in [5, 5.41) is 7.24. The van der Waals surface area contributed by atoms with Crippen LogP contribution in [-0.2, 0) is 4.79 Å². The topological polar surface area (TPSA) is 85.3 Å². The van der Waals surface area contributed by atoms with Gasteiger partial charge in [0, 0.05) is 11.5 Å². The summed E-state index contributed by atoms with van der Waals surface area (Å²) in [7, 11) is 0. The van der Waals surface area contributed by atoms with E-state index in [1.165, 1.54) is 10.8 Å². The number of anilines is 1. The maximum absolute atomic E-state index is 12.2. The summed E-state index contributed by atoms with van der Waals surface area (Å²) in [6.07, 6.45) is 1.54. The van der Waals surface area contributed by atoms with Crippen LogP contribution < -0.4 is 5.32 Å². The van der Waals surface area contributed by atoms with E-state index in [2.05, 4.69) is 20.4 Å². The highest BCUT2D eigenvalue weighted by atomic mass is 35.5. The minimum Gasteiger partial charge on any atom is -0.461 e. The van der Waals surface area contributed by atoms with E-state index in [0.717, 1.165) is 0 Å². The van der Waals surface area contributed by atoms with E-state index in [1.807, 2.05) is 0 Å². The molecular weight excluding hydrogens is 306 g/mol. The first-order valence-corrected chi connectivity index (χ1v) is 7.01. The summed E-state index contributed by atoms with van der Waals surface area (Å²) in [6, 6.07) is 5.06. The van der Waals surface area contributed by atoms with Gasteiger partial charge in [0.05, 0.1) is 6.26 Å². The van der Waals surface area contributed by atoms with Crippen molar-refractivity contribution >= 4 is 29.1 Å². The molecule has 0 aliphatic rings. The van der Waals surface area contributed by atoms with Crippen molar-refractivity contribution in [2.24, 2.45) is 5.41 Å². The number of fused-ring (bicyclic) bond motifs is 1. The molecule has 0 unspecified atom stereocenters. The lowest BCUT2D eigenvalue weighted by Gasteiger charge is -2.17. The molecule has 1 amide bonds. The summed E-state index contributed by atoms with van der Waals surface area (Å²) < 4.78 is 6.70. The first kappa shape index (κ1) is 14.5. The Bertz CT molecular complexity index is 833. The van der Waals surface area contributed by atoms with Crippen LogP contribution in [0.2, 0.25) is 5.15 Å². The monoisotopic (exact) mass is 319 g/mol. The summed E-state index contributed by atoms with van der Waals surface area (Å²) in [5.74, 6) is 0.930. The molecule has 3 heterocycles. The third-order valence-corrected chi connectivity index (χ3v) is 3.14. The third-order valence-electron chi connectivity index (χ3n) is 2.94. The number of rotatable bonds is 2. The van der Waals surface area contributed by atoms with Gasteiger partial charge in [-0.15, -0.1) is 5.10 Å². The first-order chi connectivity index (χ1) is 10.3. The van der Waals surface area contributed by atoms with Crippen molar-refractivity contribution in [3.8, 4) is 11.6 Å². The van der Waals surface area contributed by atoms with Crippen molar-refractivity contribution < 1.29 is 9.21 Å². The molecule has 0 aromatic carbocycles. The number of hydrogen-bond donors (Lipinski definition) is 1. The van der Waals surface area contributed by atoms with E-state index in [0.29, 0.717) is 17.2 Å². The number of hydrogen-bond acceptors (Lipinski definition) is 5. The van der Waals surface area contributed by atoms with Crippen LogP contribution in [0.1, 0.15) is 20.8 Å². The smallest absolute Gasteiger partial charge is 0.234 e. The van der Waals surface area contributed by atoms with Crippen LogP contribution in [0.5, 0.6) is 0 Å². The molecule has 3 rings (SSSR count). The zero-order chi connectivity index (χ0) is 15.9. The van der Waals surface area contributed by atoms with Crippen LogP contribution in [0.15, 0.2) is 28.9 Å². The number of aromatic nitrogens is 4. The van der Waals surface area contributed by atoms with E-state index < -0.39 is 5.41 Å². The lowest BCUT2D eigenvalue weighted by Crippen LogP contribution is -2.29. The molecule has 22 heavy (non-hydrogen) atoms. The standard InChI is InChI=1S/C14H14ClN5O2/c1-14(2,3)12(21)18-13-16-9(15)7-10-17-11(19-20(10)13)8-5-4-6-22-8/h4-7H,1-3H3,(H,16,18,21). The van der Waals surface area contributed by atoms with Crippen LogP contribution in [0, 0.1) is 5.41 Å². The molecule has 0 fully saturated rings.